The molecule has 0 bridgehead atoms. The van der Waals surface area contributed by atoms with Crippen molar-refractivity contribution in [3.63, 3.8) is 0 Å². The first-order chi connectivity index (χ1) is 12.8. The SMILES string of the molecule is O=S(=O)(Nc1ccccc1Oc1ccc(Cl)cc1Cl)c1c(F)cccc1F. The van der Waals surface area contributed by atoms with Crippen molar-refractivity contribution in [2.24, 2.45) is 0 Å². The molecule has 0 aliphatic carbocycles. The Morgan fingerprint density at radius 3 is 2.19 bits per heavy atom. The van der Waals surface area contributed by atoms with Gasteiger partial charge in [0.15, 0.2) is 10.6 Å². The lowest BCUT2D eigenvalue weighted by Gasteiger charge is -2.14. The molecule has 4 nitrogen and oxygen atoms in total. The van der Waals surface area contributed by atoms with Crippen molar-refractivity contribution < 1.29 is 21.9 Å². The van der Waals surface area contributed by atoms with Gasteiger partial charge < -0.3 is 4.74 Å². The highest BCUT2D eigenvalue weighted by Gasteiger charge is 2.25. The molecular formula is C18H11Cl2F2NO3S. The summed E-state index contributed by atoms with van der Waals surface area (Å²) < 4.78 is 60.4. The molecule has 9 heteroatoms. The van der Waals surface area contributed by atoms with Gasteiger partial charge in [-0.2, -0.15) is 0 Å². The Hall–Kier alpha value is -2.35. The van der Waals surface area contributed by atoms with Gasteiger partial charge in [0, 0.05) is 5.02 Å². The van der Waals surface area contributed by atoms with Crippen molar-refractivity contribution in [3.05, 3.63) is 82.3 Å². The number of nitrogens with one attached hydrogen (secondary N) is 1. The van der Waals surface area contributed by atoms with E-state index in [1.165, 1.54) is 30.3 Å². The summed E-state index contributed by atoms with van der Waals surface area (Å²) in [5, 5.41) is 0.608. The predicted molar refractivity (Wildman–Crippen MR) is 100 cm³/mol. The highest BCUT2D eigenvalue weighted by atomic mass is 35.5. The molecule has 0 heterocycles. The number of benzene rings is 3. The van der Waals surface area contributed by atoms with E-state index in [9.17, 15) is 17.2 Å². The third-order valence-corrected chi connectivity index (χ3v) is 5.38. The second-order valence-electron chi connectivity index (χ2n) is 5.33. The highest BCUT2D eigenvalue weighted by Crippen LogP contribution is 2.36. The number of halogens is 4. The van der Waals surface area contributed by atoms with E-state index in [-0.39, 0.29) is 22.2 Å². The molecule has 1 N–H and O–H groups in total. The minimum Gasteiger partial charge on any atom is -0.454 e. The molecule has 0 atom stereocenters. The van der Waals surface area contributed by atoms with E-state index in [0.29, 0.717) is 5.02 Å². The Kier molecular flexibility index (Phi) is 5.55. The van der Waals surface area contributed by atoms with Crippen LogP contribution in [0.25, 0.3) is 0 Å². The molecule has 0 spiro atoms. The first-order valence-electron chi connectivity index (χ1n) is 7.47. The van der Waals surface area contributed by atoms with E-state index in [4.69, 9.17) is 27.9 Å². The molecule has 0 fully saturated rings. The van der Waals surface area contributed by atoms with Gasteiger partial charge in [0.2, 0.25) is 0 Å². The van der Waals surface area contributed by atoms with Gasteiger partial charge in [-0.15, -0.1) is 0 Å². The summed E-state index contributed by atoms with van der Waals surface area (Å²) in [7, 11) is -4.54. The zero-order valence-electron chi connectivity index (χ0n) is 13.4. The summed E-state index contributed by atoms with van der Waals surface area (Å²) in [5.41, 5.74) is -0.0221. The van der Waals surface area contributed by atoms with Crippen LogP contribution in [-0.4, -0.2) is 8.42 Å². The smallest absolute Gasteiger partial charge is 0.267 e. The molecule has 0 aliphatic rings. The van der Waals surface area contributed by atoms with Crippen LogP contribution in [0.4, 0.5) is 14.5 Å². The first kappa shape index (κ1) is 19.4. The lowest BCUT2D eigenvalue weighted by molar-refractivity contribution is 0.484. The van der Waals surface area contributed by atoms with Gasteiger partial charge in [-0.3, -0.25) is 4.72 Å². The van der Waals surface area contributed by atoms with Crippen molar-refractivity contribution in [1.29, 1.82) is 0 Å². The molecule has 0 unspecified atom stereocenters. The van der Waals surface area contributed by atoms with Crippen LogP contribution in [-0.2, 0) is 10.0 Å². The molecule has 0 amide bonds. The maximum Gasteiger partial charge on any atom is 0.267 e. The monoisotopic (exact) mass is 429 g/mol. The topological polar surface area (TPSA) is 55.4 Å². The number of anilines is 1. The molecule has 0 radical (unpaired) electrons. The quantitative estimate of drug-likeness (QED) is 0.551. The summed E-state index contributed by atoms with van der Waals surface area (Å²) in [4.78, 5) is -1.08. The van der Waals surface area contributed by atoms with E-state index in [0.717, 1.165) is 18.2 Å². The predicted octanol–water partition coefficient (Wildman–Crippen LogP) is 5.86. The van der Waals surface area contributed by atoms with Gasteiger partial charge in [0.25, 0.3) is 10.0 Å². The lowest BCUT2D eigenvalue weighted by atomic mass is 10.3. The van der Waals surface area contributed by atoms with Gasteiger partial charge in [-0.1, -0.05) is 41.4 Å². The van der Waals surface area contributed by atoms with E-state index in [1.807, 2.05) is 0 Å². The largest absolute Gasteiger partial charge is 0.454 e. The molecule has 0 aromatic heterocycles. The van der Waals surface area contributed by atoms with Crippen LogP contribution in [0.3, 0.4) is 0 Å². The maximum absolute atomic E-state index is 13.9. The molecule has 3 rings (SSSR count). The van der Waals surface area contributed by atoms with Gasteiger partial charge in [-0.05, 0) is 42.5 Å². The van der Waals surface area contributed by atoms with Crippen molar-refractivity contribution >= 4 is 38.9 Å². The molecule has 3 aromatic rings. The Balaban J connectivity index is 1.97. The van der Waals surface area contributed by atoms with E-state index in [1.54, 1.807) is 12.1 Å². The number of hydrogen-bond acceptors (Lipinski definition) is 3. The van der Waals surface area contributed by atoms with Crippen LogP contribution in [0, 0.1) is 11.6 Å². The highest BCUT2D eigenvalue weighted by molar-refractivity contribution is 7.92. The number of ether oxygens (including phenoxy) is 1. The third kappa shape index (κ3) is 4.32. The Bertz CT molecular complexity index is 1090. The standard InChI is InChI=1S/C18H11Cl2F2NO3S/c19-11-8-9-16(12(20)10-11)26-17-7-2-1-6-15(17)23-27(24,25)18-13(21)4-3-5-14(18)22/h1-10,23H. The number of rotatable bonds is 5. The average Bonchev–Trinajstić information content (AvgIpc) is 2.58. The zero-order valence-corrected chi connectivity index (χ0v) is 15.7. The van der Waals surface area contributed by atoms with Crippen LogP contribution in [0.15, 0.2) is 65.6 Å². The van der Waals surface area contributed by atoms with Crippen molar-refractivity contribution in [3.8, 4) is 11.5 Å². The van der Waals surface area contributed by atoms with Crippen LogP contribution in [0.2, 0.25) is 10.0 Å². The van der Waals surface area contributed by atoms with Crippen LogP contribution < -0.4 is 9.46 Å². The maximum atomic E-state index is 13.9. The fourth-order valence-electron chi connectivity index (χ4n) is 2.25. The molecule has 0 saturated heterocycles. The van der Waals surface area contributed by atoms with Gasteiger partial charge in [-0.25, -0.2) is 17.2 Å². The minimum atomic E-state index is -4.54. The first-order valence-corrected chi connectivity index (χ1v) is 9.70. The average molecular weight is 430 g/mol. The second-order valence-corrected chi connectivity index (χ2v) is 7.79. The Labute approximate surface area is 164 Å². The van der Waals surface area contributed by atoms with Gasteiger partial charge in [0.1, 0.15) is 17.4 Å². The molecular weight excluding hydrogens is 419 g/mol. The Morgan fingerprint density at radius 1 is 0.852 bits per heavy atom. The fraction of sp³-hybridized carbons (Fsp3) is 0. The summed E-state index contributed by atoms with van der Waals surface area (Å²) >= 11 is 11.9. The third-order valence-electron chi connectivity index (χ3n) is 3.43. The van der Waals surface area contributed by atoms with E-state index < -0.39 is 26.6 Å². The van der Waals surface area contributed by atoms with Crippen LogP contribution in [0.1, 0.15) is 0 Å². The lowest BCUT2D eigenvalue weighted by Crippen LogP contribution is -2.16. The van der Waals surface area contributed by atoms with E-state index >= 15 is 0 Å². The normalized spacial score (nSPS) is 11.3. The molecule has 0 aliphatic heterocycles. The summed E-state index contributed by atoms with van der Waals surface area (Å²) in [6.07, 6.45) is 0. The zero-order chi connectivity index (χ0) is 19.6. The van der Waals surface area contributed by atoms with E-state index in [2.05, 4.69) is 4.72 Å². The second kappa shape index (κ2) is 7.72. The molecule has 140 valence electrons. The summed E-state index contributed by atoms with van der Waals surface area (Å²) in [6, 6.07) is 13.3. The number of hydrogen-bond donors (Lipinski definition) is 1. The summed E-state index contributed by atoms with van der Waals surface area (Å²) in [5.74, 6) is -2.10. The van der Waals surface area contributed by atoms with Crippen LogP contribution >= 0.6 is 23.2 Å². The number of sulfonamides is 1. The molecule has 27 heavy (non-hydrogen) atoms. The molecule has 0 saturated carbocycles. The number of para-hydroxylation sites is 2. The van der Waals surface area contributed by atoms with Crippen molar-refractivity contribution in [2.75, 3.05) is 4.72 Å². The Morgan fingerprint density at radius 2 is 1.52 bits per heavy atom. The summed E-state index contributed by atoms with van der Waals surface area (Å²) in [6.45, 7) is 0. The van der Waals surface area contributed by atoms with Gasteiger partial charge in [0.05, 0.1) is 10.7 Å². The minimum absolute atomic E-state index is 0.0221. The van der Waals surface area contributed by atoms with Crippen LogP contribution in [0.5, 0.6) is 11.5 Å². The van der Waals surface area contributed by atoms with Gasteiger partial charge >= 0.3 is 0 Å². The fourth-order valence-corrected chi connectivity index (χ4v) is 3.91. The van der Waals surface area contributed by atoms with Crippen molar-refractivity contribution in [2.45, 2.75) is 4.90 Å². The molecule has 3 aromatic carbocycles. The van der Waals surface area contributed by atoms with Crippen molar-refractivity contribution in [1.82, 2.24) is 0 Å².